The second-order valence-electron chi connectivity index (χ2n) is 21.7. The lowest BCUT2D eigenvalue weighted by Crippen LogP contribution is -2.54. The Hall–Kier alpha value is -3.28. The number of carbonyl (C=O) groups excluding carboxylic acids is 4. The van der Waals surface area contributed by atoms with Crippen LogP contribution >= 0.6 is 0 Å². The topological polar surface area (TPSA) is 143 Å². The molecule has 4 amide bonds. The Morgan fingerprint density at radius 3 is 1.05 bits per heavy atom. The molecule has 0 rings (SSSR count). The van der Waals surface area contributed by atoms with Gasteiger partial charge in [-0.05, 0) is 122 Å². The zero-order valence-corrected chi connectivity index (χ0v) is 49.1. The quantitative estimate of drug-likeness (QED) is 0.0351. The van der Waals surface area contributed by atoms with Gasteiger partial charge >= 0.3 is 0 Å². The number of allylic oxidation sites excluding steroid dienone is 8. The summed E-state index contributed by atoms with van der Waals surface area (Å²) in [5.74, 6) is -0.298. The Balaban J connectivity index is 5.16. The van der Waals surface area contributed by atoms with Crippen molar-refractivity contribution in [1.29, 1.82) is 0 Å². The number of amides is 4. The van der Waals surface area contributed by atoms with E-state index in [4.69, 9.17) is 0 Å². The fourth-order valence-corrected chi connectivity index (χ4v) is 9.46. The number of hydrogen-bond donors (Lipinski definition) is 4. The average molecular weight is 1040 g/mol. The van der Waals surface area contributed by atoms with Gasteiger partial charge < -0.3 is 35.5 Å². The van der Waals surface area contributed by atoms with E-state index < -0.39 is 12.1 Å². The van der Waals surface area contributed by atoms with Crippen LogP contribution in [0.2, 0.25) is 0 Å². The molecule has 0 fully saturated rings. The summed E-state index contributed by atoms with van der Waals surface area (Å²) in [4.78, 5) is 61.1. The molecule has 0 radical (unpaired) electrons. The highest BCUT2D eigenvalue weighted by molar-refractivity contribution is 5.88. The molecule has 0 aliphatic carbocycles. The average Bonchev–Trinajstić information content (AvgIpc) is 3.37. The van der Waals surface area contributed by atoms with E-state index in [2.05, 4.69) is 78.0 Å². The van der Waals surface area contributed by atoms with E-state index in [1.807, 2.05) is 44.5 Å². The molecule has 0 bridgehead atoms. The van der Waals surface area contributed by atoms with E-state index in [0.29, 0.717) is 52.1 Å². The summed E-state index contributed by atoms with van der Waals surface area (Å²) in [6, 6.07) is -1.13. The van der Waals surface area contributed by atoms with Crippen LogP contribution in [-0.2, 0) is 19.2 Å². The van der Waals surface area contributed by atoms with Crippen molar-refractivity contribution in [3.05, 3.63) is 48.6 Å². The van der Waals surface area contributed by atoms with Crippen LogP contribution in [0.1, 0.15) is 247 Å². The maximum absolute atomic E-state index is 13.9. The van der Waals surface area contributed by atoms with Crippen LogP contribution in [0.15, 0.2) is 48.6 Å². The first-order chi connectivity index (χ1) is 36.0. The fourth-order valence-electron chi connectivity index (χ4n) is 9.46. The second-order valence-corrected chi connectivity index (χ2v) is 21.7. The van der Waals surface area contributed by atoms with Gasteiger partial charge in [-0.25, -0.2) is 0 Å². The van der Waals surface area contributed by atoms with Crippen LogP contribution in [0, 0.1) is 11.8 Å². The molecule has 0 saturated carbocycles. The van der Waals surface area contributed by atoms with E-state index in [-0.39, 0.29) is 48.7 Å². The predicted molar refractivity (Wildman–Crippen MR) is 314 cm³/mol. The smallest absolute Gasteiger partial charge is 0.243 e. The summed E-state index contributed by atoms with van der Waals surface area (Å²) in [7, 11) is 1.97. The van der Waals surface area contributed by atoms with Gasteiger partial charge in [-0.3, -0.25) is 19.2 Å². The van der Waals surface area contributed by atoms with Crippen LogP contribution < -0.4 is 10.6 Å². The molecule has 430 valence electrons. The first kappa shape index (κ1) is 70.7. The molecule has 0 aliphatic heterocycles. The molecular formula is C63H117N5O6. The fraction of sp³-hybridized carbons (Fsp3) is 0.810. The van der Waals surface area contributed by atoms with Gasteiger partial charge in [0.25, 0.3) is 0 Å². The van der Waals surface area contributed by atoms with Crippen molar-refractivity contribution in [3.63, 3.8) is 0 Å². The maximum atomic E-state index is 13.9. The van der Waals surface area contributed by atoms with E-state index in [0.717, 1.165) is 141 Å². The van der Waals surface area contributed by atoms with Crippen molar-refractivity contribution >= 4 is 23.6 Å². The Bertz CT molecular complexity index is 1360. The molecule has 11 heteroatoms. The van der Waals surface area contributed by atoms with Gasteiger partial charge in [0.2, 0.25) is 23.6 Å². The minimum atomic E-state index is -0.564. The lowest BCUT2D eigenvalue weighted by molar-refractivity contribution is -0.142. The number of hydrogen-bond acceptors (Lipinski definition) is 7. The molecule has 0 saturated heterocycles. The Morgan fingerprint density at radius 2 is 0.716 bits per heavy atom. The number of nitrogens with one attached hydrogen (secondary N) is 2. The first-order valence-corrected chi connectivity index (χ1v) is 30.6. The van der Waals surface area contributed by atoms with Crippen LogP contribution in [0.25, 0.3) is 0 Å². The summed E-state index contributed by atoms with van der Waals surface area (Å²) < 4.78 is 0. The number of nitrogens with zero attached hydrogens (tertiary/aromatic N) is 3. The van der Waals surface area contributed by atoms with Gasteiger partial charge in [-0.2, -0.15) is 0 Å². The molecule has 0 spiro atoms. The van der Waals surface area contributed by atoms with Crippen molar-refractivity contribution < 1.29 is 29.4 Å². The monoisotopic (exact) mass is 1040 g/mol. The van der Waals surface area contributed by atoms with Crippen LogP contribution in [0.5, 0.6) is 0 Å². The summed E-state index contributed by atoms with van der Waals surface area (Å²) in [6.07, 6.45) is 50.6. The van der Waals surface area contributed by atoms with E-state index in [9.17, 15) is 29.4 Å². The summed E-state index contributed by atoms with van der Waals surface area (Å²) in [6.45, 7) is 15.9. The molecule has 11 nitrogen and oxygen atoms in total. The second kappa shape index (κ2) is 51.8. The zero-order valence-electron chi connectivity index (χ0n) is 49.1. The molecule has 0 aromatic carbocycles. The largest absolute Gasteiger partial charge is 0.396 e. The number of likely N-dealkylation sites (N-methyl/N-ethyl adjacent to an activating group) is 1. The van der Waals surface area contributed by atoms with Gasteiger partial charge in [0.15, 0.2) is 0 Å². The van der Waals surface area contributed by atoms with Crippen molar-refractivity contribution in [3.8, 4) is 0 Å². The van der Waals surface area contributed by atoms with Crippen molar-refractivity contribution in [1.82, 2.24) is 25.3 Å². The third kappa shape index (κ3) is 40.0. The number of aliphatic hydroxyl groups is 2. The highest BCUT2D eigenvalue weighted by Gasteiger charge is 2.33. The molecule has 2 atom stereocenters. The van der Waals surface area contributed by atoms with E-state index in [1.54, 1.807) is 0 Å². The van der Waals surface area contributed by atoms with Crippen molar-refractivity contribution in [2.75, 3.05) is 59.5 Å². The number of carbonyl (C=O) groups is 4. The molecule has 0 aromatic heterocycles. The first-order valence-electron chi connectivity index (χ1n) is 30.6. The lowest BCUT2D eigenvalue weighted by atomic mass is 9.99. The van der Waals surface area contributed by atoms with Crippen molar-refractivity contribution in [2.24, 2.45) is 11.8 Å². The normalized spacial score (nSPS) is 12.9. The van der Waals surface area contributed by atoms with Gasteiger partial charge in [0.05, 0.1) is 0 Å². The SMILES string of the molecule is CCCCC/C=C\C/C=C\CCCCCCCC(=O)N(CCCCCCO)C(C(=O)NCCN(C)CCNC(=O)C(C(C)C)N(CCCCCCO)C(=O)CCCCCCC/C=C\C/C=C\CCCCC)C(C)C. The highest BCUT2D eigenvalue weighted by Crippen LogP contribution is 2.20. The van der Waals surface area contributed by atoms with E-state index in [1.165, 1.54) is 51.4 Å². The van der Waals surface area contributed by atoms with Gasteiger partial charge in [0, 0.05) is 65.3 Å². The zero-order chi connectivity index (χ0) is 54.7. The predicted octanol–water partition coefficient (Wildman–Crippen LogP) is 13.6. The highest BCUT2D eigenvalue weighted by atomic mass is 16.3. The minimum absolute atomic E-state index is 0.0442. The Kier molecular flexibility index (Phi) is 49.5. The minimum Gasteiger partial charge on any atom is -0.396 e. The molecule has 0 aliphatic rings. The van der Waals surface area contributed by atoms with Crippen LogP contribution in [0.4, 0.5) is 0 Å². The van der Waals surface area contributed by atoms with Gasteiger partial charge in [0.1, 0.15) is 12.1 Å². The third-order valence-corrected chi connectivity index (χ3v) is 14.0. The van der Waals surface area contributed by atoms with Gasteiger partial charge in [-0.15, -0.1) is 0 Å². The van der Waals surface area contributed by atoms with Gasteiger partial charge in [-0.1, -0.05) is 180 Å². The summed E-state index contributed by atoms with van der Waals surface area (Å²) >= 11 is 0. The molecule has 4 N–H and O–H groups in total. The van der Waals surface area contributed by atoms with Crippen LogP contribution in [-0.4, -0.2) is 120 Å². The maximum Gasteiger partial charge on any atom is 0.243 e. The Morgan fingerprint density at radius 1 is 0.405 bits per heavy atom. The number of unbranched alkanes of at least 4 members (excludes halogenated alkanes) is 22. The van der Waals surface area contributed by atoms with Crippen LogP contribution in [0.3, 0.4) is 0 Å². The van der Waals surface area contributed by atoms with E-state index >= 15 is 0 Å². The standard InChI is InChI=1S/C63H117N5O6/c1-8-10-12-14-16-18-20-22-24-26-28-30-32-34-40-46-58(71)67(50-42-36-38-44-54-69)60(56(3)4)62(73)64-48-52-66(7)53-49-65-63(74)61(57(5)6)68(51-43-37-39-45-55-70)59(72)47-41-35-33-31-29-27-25-23-21-19-17-15-13-11-9-2/h16-19,22-25,56-57,60-61,69-70H,8-15,20-21,26-55H2,1-7H3,(H,64,73)(H,65,74)/b18-16-,19-17-,24-22-,25-23-. The molecule has 2 unspecified atom stereocenters. The molecule has 0 heterocycles. The summed E-state index contributed by atoms with van der Waals surface area (Å²) in [5, 5.41) is 24.9. The molecule has 74 heavy (non-hydrogen) atoms. The lowest BCUT2D eigenvalue weighted by Gasteiger charge is -2.34. The molecular weight excluding hydrogens is 923 g/mol. The number of aliphatic hydroxyl groups excluding tert-OH is 2. The Labute approximate surface area is 455 Å². The summed E-state index contributed by atoms with van der Waals surface area (Å²) in [5.41, 5.74) is 0. The third-order valence-electron chi connectivity index (χ3n) is 14.0. The van der Waals surface area contributed by atoms with Crippen molar-refractivity contribution in [2.45, 2.75) is 259 Å². The number of rotatable bonds is 52. The molecule has 0 aromatic rings.